The summed E-state index contributed by atoms with van der Waals surface area (Å²) in [6.45, 7) is 4.40. The molecule has 0 fully saturated rings. The number of halogens is 1. The van der Waals surface area contributed by atoms with E-state index in [1.807, 2.05) is 31.2 Å². The number of aryl methyl sites for hydroxylation is 1. The number of nitrogens with zero attached hydrogens (tertiary/aromatic N) is 1. The molecule has 138 valence electrons. The molecule has 0 spiro atoms. The molecule has 1 aliphatic heterocycles. The molecule has 5 nitrogen and oxygen atoms in total. The molecular formula is C19H21BrN2O3S. The third-order valence-corrected chi connectivity index (χ3v) is 6.94. The smallest absolute Gasteiger partial charge is 0.241 e. The predicted molar refractivity (Wildman–Crippen MR) is 106 cm³/mol. The zero-order valence-electron chi connectivity index (χ0n) is 14.8. The molecule has 1 heterocycles. The first kappa shape index (κ1) is 19.1. The Balaban J connectivity index is 1.77. The molecule has 1 aliphatic rings. The maximum atomic E-state index is 12.7. The van der Waals surface area contributed by atoms with Gasteiger partial charge < -0.3 is 4.90 Å². The molecular weight excluding hydrogens is 416 g/mol. The van der Waals surface area contributed by atoms with Crippen LogP contribution in [-0.2, 0) is 27.7 Å². The summed E-state index contributed by atoms with van der Waals surface area (Å²) in [6, 6.07) is 11.4. The van der Waals surface area contributed by atoms with Crippen molar-refractivity contribution in [2.45, 2.75) is 31.6 Å². The molecule has 0 aromatic heterocycles. The van der Waals surface area contributed by atoms with Crippen molar-refractivity contribution >= 4 is 37.5 Å². The predicted octanol–water partition coefficient (Wildman–Crippen LogP) is 3.19. The van der Waals surface area contributed by atoms with Gasteiger partial charge in [0.1, 0.15) is 0 Å². The Labute approximate surface area is 162 Å². The zero-order chi connectivity index (χ0) is 18.9. The standard InChI is InChI=1S/C19H21BrN2O3S/c1-13-3-5-15(6-4-13)7-9-21-26(24,25)19-12-18-16(11-17(19)20)8-10-22(18)14(2)23/h3-6,11-12,21H,7-10H2,1-2H3. The Kier molecular flexibility index (Phi) is 5.50. The molecule has 0 unspecified atom stereocenters. The number of rotatable bonds is 5. The van der Waals surface area contributed by atoms with E-state index < -0.39 is 10.0 Å². The van der Waals surface area contributed by atoms with E-state index in [0.29, 0.717) is 29.7 Å². The summed E-state index contributed by atoms with van der Waals surface area (Å²) < 4.78 is 28.6. The second-order valence-corrected chi connectivity index (χ2v) is 9.06. The molecule has 0 radical (unpaired) electrons. The van der Waals surface area contributed by atoms with Gasteiger partial charge in [0.05, 0.1) is 4.90 Å². The van der Waals surface area contributed by atoms with Crippen LogP contribution < -0.4 is 9.62 Å². The number of carbonyl (C=O) groups is 1. The molecule has 3 rings (SSSR count). The quantitative estimate of drug-likeness (QED) is 0.782. The second-order valence-electron chi connectivity index (χ2n) is 6.47. The van der Waals surface area contributed by atoms with Crippen LogP contribution in [0, 0.1) is 6.92 Å². The number of hydrogen-bond acceptors (Lipinski definition) is 3. The Morgan fingerprint density at radius 1 is 1.23 bits per heavy atom. The van der Waals surface area contributed by atoms with Gasteiger partial charge in [-0.2, -0.15) is 0 Å². The molecule has 0 saturated carbocycles. The summed E-state index contributed by atoms with van der Waals surface area (Å²) in [7, 11) is -3.67. The summed E-state index contributed by atoms with van der Waals surface area (Å²) in [5.74, 6) is -0.0817. The van der Waals surface area contributed by atoms with Gasteiger partial charge in [-0.3, -0.25) is 4.79 Å². The first-order valence-electron chi connectivity index (χ1n) is 8.43. The molecule has 2 aromatic carbocycles. The molecule has 0 bridgehead atoms. The van der Waals surface area contributed by atoms with Crippen molar-refractivity contribution in [3.05, 3.63) is 57.6 Å². The summed E-state index contributed by atoms with van der Waals surface area (Å²) >= 11 is 3.36. The average Bonchev–Trinajstić information content (AvgIpc) is 2.98. The number of hydrogen-bond donors (Lipinski definition) is 1. The lowest BCUT2D eigenvalue weighted by Crippen LogP contribution is -2.28. The van der Waals surface area contributed by atoms with Crippen molar-refractivity contribution in [2.24, 2.45) is 0 Å². The summed E-state index contributed by atoms with van der Waals surface area (Å²) in [5, 5.41) is 0. The number of benzene rings is 2. The van der Waals surface area contributed by atoms with Crippen molar-refractivity contribution in [3.8, 4) is 0 Å². The van der Waals surface area contributed by atoms with Gasteiger partial charge in [-0.25, -0.2) is 13.1 Å². The second kappa shape index (κ2) is 7.50. The first-order valence-corrected chi connectivity index (χ1v) is 10.7. The van der Waals surface area contributed by atoms with Crippen LogP contribution in [0.3, 0.4) is 0 Å². The third kappa shape index (κ3) is 4.00. The molecule has 7 heteroatoms. The van der Waals surface area contributed by atoms with E-state index in [-0.39, 0.29) is 10.8 Å². The zero-order valence-corrected chi connectivity index (χ0v) is 17.2. The van der Waals surface area contributed by atoms with E-state index >= 15 is 0 Å². The van der Waals surface area contributed by atoms with Gasteiger partial charge in [0, 0.05) is 30.2 Å². The molecule has 1 N–H and O–H groups in total. The lowest BCUT2D eigenvalue weighted by molar-refractivity contribution is -0.116. The van der Waals surface area contributed by atoms with Crippen molar-refractivity contribution in [2.75, 3.05) is 18.0 Å². The maximum absolute atomic E-state index is 12.7. The van der Waals surface area contributed by atoms with Crippen LogP contribution in [-0.4, -0.2) is 27.4 Å². The molecule has 2 aromatic rings. The highest BCUT2D eigenvalue weighted by molar-refractivity contribution is 9.10. The Morgan fingerprint density at radius 3 is 2.58 bits per heavy atom. The third-order valence-electron chi connectivity index (χ3n) is 4.52. The van der Waals surface area contributed by atoms with E-state index in [4.69, 9.17) is 0 Å². The fourth-order valence-corrected chi connectivity index (χ4v) is 5.22. The van der Waals surface area contributed by atoms with Gasteiger partial charge in [-0.05, 0) is 59.0 Å². The largest absolute Gasteiger partial charge is 0.312 e. The van der Waals surface area contributed by atoms with Gasteiger partial charge in [0.15, 0.2) is 0 Å². The fourth-order valence-electron chi connectivity index (χ4n) is 3.08. The lowest BCUT2D eigenvalue weighted by atomic mass is 10.1. The lowest BCUT2D eigenvalue weighted by Gasteiger charge is -2.17. The summed E-state index contributed by atoms with van der Waals surface area (Å²) in [6.07, 6.45) is 1.34. The minimum absolute atomic E-state index is 0.0817. The van der Waals surface area contributed by atoms with Crippen LogP contribution in [0.5, 0.6) is 0 Å². The van der Waals surface area contributed by atoms with Crippen LogP contribution >= 0.6 is 15.9 Å². The van der Waals surface area contributed by atoms with Crippen LogP contribution in [0.25, 0.3) is 0 Å². The Bertz CT molecular complexity index is 940. The normalized spacial score (nSPS) is 13.7. The molecule has 0 atom stereocenters. The average molecular weight is 437 g/mol. The summed E-state index contributed by atoms with van der Waals surface area (Å²) in [5.41, 5.74) is 3.91. The number of carbonyl (C=O) groups excluding carboxylic acids is 1. The fraction of sp³-hybridized carbons (Fsp3) is 0.316. The Hall–Kier alpha value is -1.70. The van der Waals surface area contributed by atoms with E-state index in [0.717, 1.165) is 17.5 Å². The van der Waals surface area contributed by atoms with E-state index in [1.165, 1.54) is 12.5 Å². The van der Waals surface area contributed by atoms with Crippen molar-refractivity contribution in [1.82, 2.24) is 4.72 Å². The number of nitrogens with one attached hydrogen (secondary N) is 1. The monoisotopic (exact) mass is 436 g/mol. The highest BCUT2D eigenvalue weighted by atomic mass is 79.9. The van der Waals surface area contributed by atoms with Crippen LogP contribution in [0.1, 0.15) is 23.6 Å². The van der Waals surface area contributed by atoms with Crippen molar-refractivity contribution < 1.29 is 13.2 Å². The summed E-state index contributed by atoms with van der Waals surface area (Å²) in [4.78, 5) is 13.5. The van der Waals surface area contributed by atoms with Gasteiger partial charge in [-0.15, -0.1) is 0 Å². The molecule has 1 amide bonds. The molecule has 0 saturated heterocycles. The van der Waals surface area contributed by atoms with Crippen LogP contribution in [0.2, 0.25) is 0 Å². The van der Waals surface area contributed by atoms with Gasteiger partial charge in [-0.1, -0.05) is 29.8 Å². The Morgan fingerprint density at radius 2 is 1.92 bits per heavy atom. The maximum Gasteiger partial charge on any atom is 0.241 e. The molecule has 26 heavy (non-hydrogen) atoms. The van der Waals surface area contributed by atoms with E-state index in [9.17, 15) is 13.2 Å². The topological polar surface area (TPSA) is 66.5 Å². The molecule has 0 aliphatic carbocycles. The van der Waals surface area contributed by atoms with Crippen LogP contribution in [0.4, 0.5) is 5.69 Å². The number of anilines is 1. The van der Waals surface area contributed by atoms with Crippen LogP contribution in [0.15, 0.2) is 45.8 Å². The number of amides is 1. The van der Waals surface area contributed by atoms with Gasteiger partial charge >= 0.3 is 0 Å². The van der Waals surface area contributed by atoms with Crippen molar-refractivity contribution in [1.29, 1.82) is 0 Å². The van der Waals surface area contributed by atoms with E-state index in [1.54, 1.807) is 17.0 Å². The van der Waals surface area contributed by atoms with E-state index in [2.05, 4.69) is 20.7 Å². The highest BCUT2D eigenvalue weighted by Crippen LogP contribution is 2.35. The van der Waals surface area contributed by atoms with Gasteiger partial charge in [0.2, 0.25) is 15.9 Å². The number of fused-ring (bicyclic) bond motifs is 1. The van der Waals surface area contributed by atoms with Crippen molar-refractivity contribution in [3.63, 3.8) is 0 Å². The van der Waals surface area contributed by atoms with Gasteiger partial charge in [0.25, 0.3) is 0 Å². The minimum atomic E-state index is -3.67. The number of sulfonamides is 1. The SMILES string of the molecule is CC(=O)N1CCc2cc(Br)c(S(=O)(=O)NCCc3ccc(C)cc3)cc21. The first-order chi connectivity index (χ1) is 12.3. The highest BCUT2D eigenvalue weighted by Gasteiger charge is 2.27. The minimum Gasteiger partial charge on any atom is -0.312 e.